The molecular formula is C23H23N5O2. The van der Waals surface area contributed by atoms with Crippen LogP contribution in [0.5, 0.6) is 0 Å². The van der Waals surface area contributed by atoms with Gasteiger partial charge in [-0.05, 0) is 75.2 Å². The molecule has 2 aromatic heterocycles. The zero-order valence-corrected chi connectivity index (χ0v) is 17.4. The van der Waals surface area contributed by atoms with Gasteiger partial charge in [0.1, 0.15) is 5.69 Å². The molecule has 4 aromatic rings. The van der Waals surface area contributed by atoms with Gasteiger partial charge in [-0.25, -0.2) is 9.97 Å². The molecule has 0 atom stereocenters. The number of hydrogen-bond donors (Lipinski definition) is 2. The van der Waals surface area contributed by atoms with Crippen LogP contribution in [0.3, 0.4) is 0 Å². The second-order valence-corrected chi connectivity index (χ2v) is 7.47. The Morgan fingerprint density at radius 1 is 0.933 bits per heavy atom. The Balaban J connectivity index is 1.47. The molecule has 0 spiro atoms. The van der Waals surface area contributed by atoms with E-state index in [4.69, 9.17) is 4.52 Å². The molecule has 2 aromatic carbocycles. The Kier molecular flexibility index (Phi) is 5.18. The Bertz CT molecular complexity index is 1230. The number of carbonyl (C=O) groups excluding carboxylic acids is 1. The van der Waals surface area contributed by atoms with E-state index in [1.807, 2.05) is 70.2 Å². The second-order valence-electron chi connectivity index (χ2n) is 7.47. The summed E-state index contributed by atoms with van der Waals surface area (Å²) in [5, 5.41) is 11.1. The number of amides is 1. The maximum atomic E-state index is 12.6. The van der Waals surface area contributed by atoms with Crippen LogP contribution in [0, 0.1) is 27.7 Å². The van der Waals surface area contributed by atoms with Crippen molar-refractivity contribution in [3.8, 4) is 0 Å². The van der Waals surface area contributed by atoms with E-state index in [0.717, 1.165) is 33.6 Å². The number of benzene rings is 2. The summed E-state index contributed by atoms with van der Waals surface area (Å²) in [6, 6.07) is 13.3. The summed E-state index contributed by atoms with van der Waals surface area (Å²) in [4.78, 5) is 21.4. The number of aryl methyl sites for hydroxylation is 4. The van der Waals surface area contributed by atoms with Gasteiger partial charge in [0, 0.05) is 28.1 Å². The van der Waals surface area contributed by atoms with Crippen molar-refractivity contribution in [1.82, 2.24) is 15.1 Å². The van der Waals surface area contributed by atoms with Crippen LogP contribution in [0.4, 0.5) is 17.3 Å². The number of rotatable bonds is 5. The Morgan fingerprint density at radius 2 is 1.63 bits per heavy atom. The van der Waals surface area contributed by atoms with E-state index in [0.29, 0.717) is 22.9 Å². The predicted molar refractivity (Wildman–Crippen MR) is 117 cm³/mol. The maximum Gasteiger partial charge on any atom is 0.230 e. The van der Waals surface area contributed by atoms with Crippen LogP contribution in [0.2, 0.25) is 0 Å². The first-order chi connectivity index (χ1) is 14.4. The predicted octanol–water partition coefficient (Wildman–Crippen LogP) is 4.78. The SMILES string of the molecule is Cc1cc(C)nc(Nc2cccc(NC(=O)Cc3noc4cc(C)c(C)cc34)c2)n1. The molecule has 2 N–H and O–H groups in total. The average molecular weight is 401 g/mol. The van der Waals surface area contributed by atoms with Crippen molar-refractivity contribution < 1.29 is 9.32 Å². The highest BCUT2D eigenvalue weighted by Gasteiger charge is 2.14. The van der Waals surface area contributed by atoms with Crippen LogP contribution >= 0.6 is 0 Å². The van der Waals surface area contributed by atoms with Crippen LogP contribution in [0.15, 0.2) is 47.0 Å². The Hall–Kier alpha value is -3.74. The largest absolute Gasteiger partial charge is 0.356 e. The number of anilines is 3. The lowest BCUT2D eigenvalue weighted by Gasteiger charge is -2.09. The van der Waals surface area contributed by atoms with Gasteiger partial charge in [0.05, 0.1) is 6.42 Å². The average Bonchev–Trinajstić information content (AvgIpc) is 3.03. The maximum absolute atomic E-state index is 12.6. The van der Waals surface area contributed by atoms with Crippen LogP contribution < -0.4 is 10.6 Å². The minimum atomic E-state index is -0.164. The van der Waals surface area contributed by atoms with Crippen LogP contribution in [0.1, 0.15) is 28.2 Å². The Labute approximate surface area is 174 Å². The molecule has 2 heterocycles. The fourth-order valence-electron chi connectivity index (χ4n) is 3.31. The van der Waals surface area contributed by atoms with E-state index in [1.165, 1.54) is 0 Å². The molecule has 0 aliphatic carbocycles. The summed E-state index contributed by atoms with van der Waals surface area (Å²) in [7, 11) is 0. The van der Waals surface area contributed by atoms with Gasteiger partial charge in [-0.15, -0.1) is 0 Å². The quantitative estimate of drug-likeness (QED) is 0.500. The molecule has 0 radical (unpaired) electrons. The van der Waals surface area contributed by atoms with Crippen LogP contribution in [-0.2, 0) is 11.2 Å². The summed E-state index contributed by atoms with van der Waals surface area (Å²) in [5.41, 5.74) is 6.83. The molecule has 0 bridgehead atoms. The molecule has 0 aliphatic rings. The van der Waals surface area contributed by atoms with Crippen molar-refractivity contribution in [2.75, 3.05) is 10.6 Å². The molecule has 0 saturated carbocycles. The minimum Gasteiger partial charge on any atom is -0.356 e. The number of nitrogens with zero attached hydrogens (tertiary/aromatic N) is 3. The molecule has 152 valence electrons. The lowest BCUT2D eigenvalue weighted by Crippen LogP contribution is -2.14. The van der Waals surface area contributed by atoms with Gasteiger partial charge in [0.2, 0.25) is 11.9 Å². The number of carbonyl (C=O) groups is 1. The molecule has 0 unspecified atom stereocenters. The number of aromatic nitrogens is 3. The summed E-state index contributed by atoms with van der Waals surface area (Å²) < 4.78 is 5.39. The first-order valence-corrected chi connectivity index (χ1v) is 9.72. The lowest BCUT2D eigenvalue weighted by atomic mass is 10.1. The van der Waals surface area contributed by atoms with Gasteiger partial charge in [-0.2, -0.15) is 0 Å². The van der Waals surface area contributed by atoms with Gasteiger partial charge in [-0.1, -0.05) is 11.2 Å². The van der Waals surface area contributed by atoms with Crippen molar-refractivity contribution in [1.29, 1.82) is 0 Å². The molecule has 1 amide bonds. The third kappa shape index (κ3) is 4.30. The zero-order chi connectivity index (χ0) is 21.3. The van der Waals surface area contributed by atoms with Crippen LogP contribution in [0.25, 0.3) is 11.0 Å². The van der Waals surface area contributed by atoms with Gasteiger partial charge >= 0.3 is 0 Å². The lowest BCUT2D eigenvalue weighted by molar-refractivity contribution is -0.115. The molecule has 0 aliphatic heterocycles. The molecule has 4 rings (SSSR count). The van der Waals surface area contributed by atoms with Crippen molar-refractivity contribution >= 4 is 34.2 Å². The highest BCUT2D eigenvalue weighted by Crippen LogP contribution is 2.24. The molecule has 7 heteroatoms. The van der Waals surface area contributed by atoms with Crippen molar-refractivity contribution in [2.45, 2.75) is 34.1 Å². The molecule has 0 saturated heterocycles. The molecule has 7 nitrogen and oxygen atoms in total. The first-order valence-electron chi connectivity index (χ1n) is 9.72. The zero-order valence-electron chi connectivity index (χ0n) is 17.4. The fourth-order valence-corrected chi connectivity index (χ4v) is 3.31. The normalized spacial score (nSPS) is 10.9. The van der Waals surface area contributed by atoms with Gasteiger partial charge in [-0.3, -0.25) is 4.79 Å². The number of fused-ring (bicyclic) bond motifs is 1. The van der Waals surface area contributed by atoms with E-state index in [2.05, 4.69) is 25.8 Å². The summed E-state index contributed by atoms with van der Waals surface area (Å²) in [6.45, 7) is 7.90. The first kappa shape index (κ1) is 19.6. The topological polar surface area (TPSA) is 92.9 Å². The second kappa shape index (κ2) is 7.94. The van der Waals surface area contributed by atoms with E-state index in [1.54, 1.807) is 0 Å². The van der Waals surface area contributed by atoms with Crippen molar-refractivity contribution in [2.24, 2.45) is 0 Å². The van der Waals surface area contributed by atoms with E-state index >= 15 is 0 Å². The standard InChI is InChI=1S/C23H23N5O2/c1-13-8-19-20(28-30-21(19)9-14(13)2)12-22(29)26-17-6-5-7-18(11-17)27-23-24-15(3)10-16(4)25-23/h5-11H,12H2,1-4H3,(H,26,29)(H,24,25,27). The molecule has 30 heavy (non-hydrogen) atoms. The fraction of sp³-hybridized carbons (Fsp3) is 0.217. The number of hydrogen-bond acceptors (Lipinski definition) is 6. The molecule has 0 fully saturated rings. The van der Waals surface area contributed by atoms with Crippen molar-refractivity contribution in [3.05, 3.63) is 70.7 Å². The summed E-state index contributed by atoms with van der Waals surface area (Å²) >= 11 is 0. The third-order valence-corrected chi connectivity index (χ3v) is 4.87. The van der Waals surface area contributed by atoms with Gasteiger partial charge in [0.15, 0.2) is 5.58 Å². The monoisotopic (exact) mass is 401 g/mol. The summed E-state index contributed by atoms with van der Waals surface area (Å²) in [6.07, 6.45) is 0.132. The van der Waals surface area contributed by atoms with Gasteiger partial charge < -0.3 is 15.2 Å². The molecular weight excluding hydrogens is 378 g/mol. The van der Waals surface area contributed by atoms with Crippen molar-refractivity contribution in [3.63, 3.8) is 0 Å². The van der Waals surface area contributed by atoms with Crippen LogP contribution in [-0.4, -0.2) is 21.0 Å². The Morgan fingerprint density at radius 3 is 2.40 bits per heavy atom. The third-order valence-electron chi connectivity index (χ3n) is 4.87. The van der Waals surface area contributed by atoms with Gasteiger partial charge in [0.25, 0.3) is 0 Å². The van der Waals surface area contributed by atoms with E-state index in [-0.39, 0.29) is 12.3 Å². The van der Waals surface area contributed by atoms with E-state index < -0.39 is 0 Å². The van der Waals surface area contributed by atoms with E-state index in [9.17, 15) is 4.79 Å². The number of nitrogens with one attached hydrogen (secondary N) is 2. The summed E-state index contributed by atoms with van der Waals surface area (Å²) in [5.74, 6) is 0.360. The minimum absolute atomic E-state index is 0.132. The highest BCUT2D eigenvalue weighted by molar-refractivity contribution is 5.95. The highest BCUT2D eigenvalue weighted by atomic mass is 16.5. The smallest absolute Gasteiger partial charge is 0.230 e.